The summed E-state index contributed by atoms with van der Waals surface area (Å²) in [5.74, 6) is 2.08. The molecule has 1 amide bonds. The van der Waals surface area contributed by atoms with Crippen LogP contribution in [0, 0.1) is 17.8 Å². The lowest BCUT2D eigenvalue weighted by Gasteiger charge is -2.34. The van der Waals surface area contributed by atoms with E-state index in [9.17, 15) is 4.79 Å². The minimum Gasteiger partial charge on any atom is -0.444 e. The molecule has 138 valence electrons. The van der Waals surface area contributed by atoms with Crippen molar-refractivity contribution in [3.63, 3.8) is 0 Å². The minimum absolute atomic E-state index is 0.142. The minimum atomic E-state index is -0.410. The number of hydrogen-bond acceptors (Lipinski definition) is 4. The zero-order chi connectivity index (χ0) is 17.3. The van der Waals surface area contributed by atoms with Crippen molar-refractivity contribution in [3.05, 3.63) is 0 Å². The summed E-state index contributed by atoms with van der Waals surface area (Å²) in [5, 5.41) is 3.85. The van der Waals surface area contributed by atoms with E-state index < -0.39 is 5.60 Å². The van der Waals surface area contributed by atoms with E-state index in [-0.39, 0.29) is 6.09 Å². The summed E-state index contributed by atoms with van der Waals surface area (Å²) in [6.45, 7) is 8.34. The average Bonchev–Trinajstić information content (AvgIpc) is 3.24. The molecular weight excluding hydrogens is 304 g/mol. The number of nitrogens with zero attached hydrogens (tertiary/aromatic N) is 1. The number of hydrogen-bond donors (Lipinski definition) is 1. The molecule has 0 bridgehead atoms. The van der Waals surface area contributed by atoms with E-state index in [1.54, 1.807) is 7.11 Å². The number of carbonyl (C=O) groups excluding carboxylic acids is 1. The fraction of sp³-hybridized carbons (Fsp3) is 0.947. The number of amides is 1. The Hall–Kier alpha value is -0.810. The van der Waals surface area contributed by atoms with Gasteiger partial charge in [0.1, 0.15) is 5.60 Å². The molecule has 1 aliphatic heterocycles. The Kier molecular flexibility index (Phi) is 5.40. The van der Waals surface area contributed by atoms with Gasteiger partial charge >= 0.3 is 6.09 Å². The SMILES string of the molecule is COCC(NC1CCC2CN(C(=O)OC(C)(C)C)CC2C1)C1CC1. The van der Waals surface area contributed by atoms with Crippen LogP contribution in [0.4, 0.5) is 4.79 Å². The van der Waals surface area contributed by atoms with E-state index in [0.717, 1.165) is 25.6 Å². The predicted molar refractivity (Wildman–Crippen MR) is 93.9 cm³/mol. The van der Waals surface area contributed by atoms with Gasteiger partial charge in [0.25, 0.3) is 0 Å². The van der Waals surface area contributed by atoms with Gasteiger partial charge in [-0.1, -0.05) is 0 Å². The second kappa shape index (κ2) is 7.20. The molecule has 0 radical (unpaired) electrons. The third-order valence-corrected chi connectivity index (χ3v) is 5.69. The molecule has 5 nitrogen and oxygen atoms in total. The van der Waals surface area contributed by atoms with E-state index in [2.05, 4.69) is 5.32 Å². The molecule has 1 saturated heterocycles. The monoisotopic (exact) mass is 338 g/mol. The first-order valence-electron chi connectivity index (χ1n) is 9.58. The lowest BCUT2D eigenvalue weighted by atomic mass is 9.79. The number of carbonyl (C=O) groups is 1. The van der Waals surface area contributed by atoms with E-state index in [1.807, 2.05) is 25.7 Å². The maximum absolute atomic E-state index is 12.3. The molecule has 24 heavy (non-hydrogen) atoms. The number of methoxy groups -OCH3 is 1. The van der Waals surface area contributed by atoms with Crippen molar-refractivity contribution in [2.45, 2.75) is 70.6 Å². The largest absolute Gasteiger partial charge is 0.444 e. The normalized spacial score (nSPS) is 31.7. The van der Waals surface area contributed by atoms with Crippen LogP contribution in [-0.2, 0) is 9.47 Å². The molecule has 4 unspecified atom stereocenters. The van der Waals surface area contributed by atoms with Crippen LogP contribution in [-0.4, -0.2) is 55.5 Å². The lowest BCUT2D eigenvalue weighted by molar-refractivity contribution is 0.0284. The second-order valence-corrected chi connectivity index (χ2v) is 8.98. The lowest BCUT2D eigenvalue weighted by Crippen LogP contribution is -2.45. The first-order valence-corrected chi connectivity index (χ1v) is 9.58. The van der Waals surface area contributed by atoms with Crippen LogP contribution in [0.3, 0.4) is 0 Å². The van der Waals surface area contributed by atoms with Gasteiger partial charge in [-0.25, -0.2) is 4.79 Å². The fourth-order valence-electron chi connectivity index (χ4n) is 4.36. The summed E-state index contributed by atoms with van der Waals surface area (Å²) in [6.07, 6.45) is 6.15. The molecule has 3 aliphatic rings. The molecule has 4 atom stereocenters. The van der Waals surface area contributed by atoms with Crippen molar-refractivity contribution in [3.8, 4) is 0 Å². The third kappa shape index (κ3) is 4.63. The third-order valence-electron chi connectivity index (χ3n) is 5.69. The standard InChI is InChI=1S/C19H34N2O3/c1-19(2,3)24-18(22)21-10-14-7-8-16(9-15(14)11-21)20-17(12-23-4)13-5-6-13/h13-17,20H,5-12H2,1-4H3. The molecule has 0 aromatic carbocycles. The summed E-state index contributed by atoms with van der Waals surface area (Å²) in [5.41, 5.74) is -0.410. The van der Waals surface area contributed by atoms with Crippen LogP contribution in [0.25, 0.3) is 0 Å². The van der Waals surface area contributed by atoms with Crippen molar-refractivity contribution in [2.75, 3.05) is 26.8 Å². The Bertz CT molecular complexity index is 444. The summed E-state index contributed by atoms with van der Waals surface area (Å²) in [7, 11) is 1.80. The number of likely N-dealkylation sites (tertiary alicyclic amines) is 1. The number of nitrogens with one attached hydrogen (secondary N) is 1. The molecule has 0 aromatic rings. The Balaban J connectivity index is 1.50. The summed E-state index contributed by atoms with van der Waals surface area (Å²) in [6, 6.07) is 1.09. The van der Waals surface area contributed by atoms with Crippen molar-refractivity contribution < 1.29 is 14.3 Å². The summed E-state index contributed by atoms with van der Waals surface area (Å²) >= 11 is 0. The molecule has 3 fully saturated rings. The van der Waals surface area contributed by atoms with Gasteiger partial charge in [-0.3, -0.25) is 0 Å². The van der Waals surface area contributed by atoms with E-state index >= 15 is 0 Å². The smallest absolute Gasteiger partial charge is 0.410 e. The van der Waals surface area contributed by atoms with Crippen LogP contribution in [0.1, 0.15) is 52.9 Å². The second-order valence-electron chi connectivity index (χ2n) is 8.98. The van der Waals surface area contributed by atoms with Gasteiger partial charge < -0.3 is 19.7 Å². The molecule has 2 aliphatic carbocycles. The zero-order valence-corrected chi connectivity index (χ0v) is 15.7. The molecule has 1 N–H and O–H groups in total. The molecule has 0 spiro atoms. The van der Waals surface area contributed by atoms with Gasteiger partial charge in [0.15, 0.2) is 0 Å². The van der Waals surface area contributed by atoms with Crippen LogP contribution in [0.2, 0.25) is 0 Å². The molecule has 1 heterocycles. The van der Waals surface area contributed by atoms with Gasteiger partial charge in [-0.05, 0) is 70.6 Å². The zero-order valence-electron chi connectivity index (χ0n) is 15.7. The Morgan fingerprint density at radius 2 is 1.88 bits per heavy atom. The van der Waals surface area contributed by atoms with Gasteiger partial charge in [0, 0.05) is 32.3 Å². The van der Waals surface area contributed by atoms with E-state index in [0.29, 0.717) is 23.9 Å². The summed E-state index contributed by atoms with van der Waals surface area (Å²) in [4.78, 5) is 14.2. The first-order chi connectivity index (χ1) is 11.4. The highest BCUT2D eigenvalue weighted by Crippen LogP contribution is 2.38. The topological polar surface area (TPSA) is 50.8 Å². The Labute approximate surface area is 146 Å². The molecule has 3 rings (SSSR count). The van der Waals surface area contributed by atoms with Crippen molar-refractivity contribution in [1.82, 2.24) is 10.2 Å². The van der Waals surface area contributed by atoms with Crippen LogP contribution in [0.5, 0.6) is 0 Å². The molecular formula is C19H34N2O3. The summed E-state index contributed by atoms with van der Waals surface area (Å²) < 4.78 is 10.9. The van der Waals surface area contributed by atoms with Crippen LogP contribution >= 0.6 is 0 Å². The maximum Gasteiger partial charge on any atom is 0.410 e. The van der Waals surface area contributed by atoms with Crippen molar-refractivity contribution in [1.29, 1.82) is 0 Å². The van der Waals surface area contributed by atoms with Gasteiger partial charge in [-0.2, -0.15) is 0 Å². The fourth-order valence-corrected chi connectivity index (χ4v) is 4.36. The van der Waals surface area contributed by atoms with Crippen molar-refractivity contribution >= 4 is 6.09 Å². The maximum atomic E-state index is 12.3. The predicted octanol–water partition coefficient (Wildman–Crippen LogP) is 3.04. The number of rotatable bonds is 5. The van der Waals surface area contributed by atoms with Crippen LogP contribution in [0.15, 0.2) is 0 Å². The number of fused-ring (bicyclic) bond motifs is 1. The highest BCUT2D eigenvalue weighted by molar-refractivity contribution is 5.68. The highest BCUT2D eigenvalue weighted by Gasteiger charge is 2.42. The van der Waals surface area contributed by atoms with E-state index in [4.69, 9.17) is 9.47 Å². The van der Waals surface area contributed by atoms with Gasteiger partial charge in [0.2, 0.25) is 0 Å². The highest BCUT2D eigenvalue weighted by atomic mass is 16.6. The molecule has 0 aromatic heterocycles. The average molecular weight is 338 g/mol. The van der Waals surface area contributed by atoms with Gasteiger partial charge in [-0.15, -0.1) is 0 Å². The Morgan fingerprint density at radius 1 is 1.17 bits per heavy atom. The van der Waals surface area contributed by atoms with Crippen molar-refractivity contribution in [2.24, 2.45) is 17.8 Å². The molecule has 2 saturated carbocycles. The van der Waals surface area contributed by atoms with Gasteiger partial charge in [0.05, 0.1) is 6.61 Å². The quantitative estimate of drug-likeness (QED) is 0.837. The Morgan fingerprint density at radius 3 is 2.50 bits per heavy atom. The first kappa shape index (κ1) is 18.0. The molecule has 5 heteroatoms. The van der Waals surface area contributed by atoms with Crippen LogP contribution < -0.4 is 5.32 Å². The number of ether oxygens (including phenoxy) is 2. The van der Waals surface area contributed by atoms with E-state index in [1.165, 1.54) is 32.1 Å².